The number of aromatic amines is 1. The number of aliphatic hydroxyl groups excluding tert-OH is 1. The van der Waals surface area contributed by atoms with E-state index in [1.165, 1.54) is 12.4 Å². The van der Waals surface area contributed by atoms with Crippen LogP contribution in [0.5, 0.6) is 0 Å². The van der Waals surface area contributed by atoms with Crippen molar-refractivity contribution in [2.75, 3.05) is 11.9 Å². The van der Waals surface area contributed by atoms with Gasteiger partial charge in [-0.15, -0.1) is 0 Å². The largest absolute Gasteiger partial charge is 0.480 e. The van der Waals surface area contributed by atoms with Crippen LogP contribution in [0.1, 0.15) is 0 Å². The third-order valence-electron chi connectivity index (χ3n) is 1.54. The molecule has 0 unspecified atom stereocenters. The molecule has 0 bridgehead atoms. The summed E-state index contributed by atoms with van der Waals surface area (Å²) in [5.41, 5.74) is 0.398. The van der Waals surface area contributed by atoms with E-state index in [0.717, 1.165) is 0 Å². The Bertz CT molecular complexity index is 337. The topological polar surface area (TPSA) is 127 Å². The fraction of sp³-hybridized carbons (Fsp3) is 0.286. The van der Waals surface area contributed by atoms with Gasteiger partial charge in [-0.3, -0.25) is 5.10 Å². The summed E-state index contributed by atoms with van der Waals surface area (Å²) >= 11 is 0. The van der Waals surface area contributed by atoms with Crippen LogP contribution in [0.3, 0.4) is 0 Å². The van der Waals surface area contributed by atoms with E-state index in [1.54, 1.807) is 0 Å². The minimum absolute atomic E-state index is 0.398. The molecular weight excluding hydrogens is 204 g/mol. The first-order valence-electron chi connectivity index (χ1n) is 4.03. The Kier molecular flexibility index (Phi) is 3.63. The van der Waals surface area contributed by atoms with Crippen LogP contribution < -0.4 is 10.6 Å². The van der Waals surface area contributed by atoms with Crippen LogP contribution in [-0.4, -0.2) is 45.1 Å². The molecule has 2 amide bonds. The lowest BCUT2D eigenvalue weighted by Gasteiger charge is -2.11. The third kappa shape index (κ3) is 3.27. The van der Waals surface area contributed by atoms with Crippen LogP contribution in [0.2, 0.25) is 0 Å². The lowest BCUT2D eigenvalue weighted by molar-refractivity contribution is -0.140. The molecule has 15 heavy (non-hydrogen) atoms. The van der Waals surface area contributed by atoms with Crippen molar-refractivity contribution in [1.82, 2.24) is 15.5 Å². The van der Waals surface area contributed by atoms with Crippen LogP contribution >= 0.6 is 0 Å². The van der Waals surface area contributed by atoms with Crippen molar-refractivity contribution < 1.29 is 19.8 Å². The molecule has 0 radical (unpaired) electrons. The molecule has 0 spiro atoms. The highest BCUT2D eigenvalue weighted by Crippen LogP contribution is 2.00. The van der Waals surface area contributed by atoms with Gasteiger partial charge in [0.2, 0.25) is 0 Å². The summed E-state index contributed by atoms with van der Waals surface area (Å²) < 4.78 is 0. The van der Waals surface area contributed by atoms with Gasteiger partial charge in [0.15, 0.2) is 6.04 Å². The number of hydrogen-bond acceptors (Lipinski definition) is 4. The maximum absolute atomic E-state index is 11.1. The van der Waals surface area contributed by atoms with Gasteiger partial charge in [0, 0.05) is 6.20 Å². The fourth-order valence-electron chi connectivity index (χ4n) is 0.830. The monoisotopic (exact) mass is 214 g/mol. The number of amides is 2. The number of carbonyl (C=O) groups excluding carboxylic acids is 1. The van der Waals surface area contributed by atoms with E-state index in [4.69, 9.17) is 10.2 Å². The van der Waals surface area contributed by atoms with Gasteiger partial charge in [0.05, 0.1) is 18.5 Å². The molecule has 0 saturated heterocycles. The number of anilines is 1. The number of carbonyl (C=O) groups is 2. The Balaban J connectivity index is 2.45. The molecule has 0 aliphatic carbocycles. The molecule has 1 heterocycles. The summed E-state index contributed by atoms with van der Waals surface area (Å²) in [6.45, 7) is -0.672. The number of carboxylic acid groups (broad SMARTS) is 1. The van der Waals surface area contributed by atoms with E-state index >= 15 is 0 Å². The first kappa shape index (κ1) is 11.0. The second-order valence-corrected chi connectivity index (χ2v) is 2.66. The number of rotatable bonds is 4. The Morgan fingerprint density at radius 2 is 2.33 bits per heavy atom. The molecular formula is C7H10N4O4. The standard InChI is InChI=1S/C7H10N4O4/c12-3-5(6(13)14)11-7(15)10-4-1-8-9-2-4/h1-2,5,12H,3H2,(H,8,9)(H,13,14)(H2,10,11,15)/t5-/m1/s1. The summed E-state index contributed by atoms with van der Waals surface area (Å²) in [7, 11) is 0. The Morgan fingerprint density at radius 1 is 1.60 bits per heavy atom. The van der Waals surface area contributed by atoms with Gasteiger partial charge in [0.25, 0.3) is 0 Å². The quantitative estimate of drug-likeness (QED) is 0.438. The average molecular weight is 214 g/mol. The normalized spacial score (nSPS) is 11.8. The molecule has 1 rings (SSSR count). The van der Waals surface area contributed by atoms with Crippen molar-refractivity contribution >= 4 is 17.7 Å². The van der Waals surface area contributed by atoms with Gasteiger partial charge >= 0.3 is 12.0 Å². The molecule has 8 nitrogen and oxygen atoms in total. The summed E-state index contributed by atoms with van der Waals surface area (Å²) in [5, 5.41) is 27.6. The zero-order valence-electron chi connectivity index (χ0n) is 7.60. The summed E-state index contributed by atoms with van der Waals surface area (Å²) in [4.78, 5) is 21.6. The van der Waals surface area contributed by atoms with Crippen LogP contribution in [0.4, 0.5) is 10.5 Å². The Morgan fingerprint density at radius 3 is 2.80 bits per heavy atom. The number of aliphatic carboxylic acids is 1. The molecule has 0 saturated carbocycles. The van der Waals surface area contributed by atoms with E-state index in [-0.39, 0.29) is 0 Å². The lowest BCUT2D eigenvalue weighted by atomic mass is 10.3. The first-order valence-corrected chi connectivity index (χ1v) is 4.03. The minimum Gasteiger partial charge on any atom is -0.480 e. The number of carboxylic acids is 1. The fourth-order valence-corrected chi connectivity index (χ4v) is 0.830. The highest BCUT2D eigenvalue weighted by Gasteiger charge is 2.18. The van der Waals surface area contributed by atoms with E-state index < -0.39 is 24.6 Å². The summed E-state index contributed by atoms with van der Waals surface area (Å²) in [5.74, 6) is -1.31. The lowest BCUT2D eigenvalue weighted by Crippen LogP contribution is -2.45. The van der Waals surface area contributed by atoms with E-state index in [9.17, 15) is 9.59 Å². The van der Waals surface area contributed by atoms with E-state index in [2.05, 4.69) is 20.8 Å². The number of H-pyrrole nitrogens is 1. The number of aromatic nitrogens is 2. The van der Waals surface area contributed by atoms with Gasteiger partial charge < -0.3 is 20.8 Å². The molecule has 0 fully saturated rings. The molecule has 0 aliphatic heterocycles. The highest BCUT2D eigenvalue weighted by atomic mass is 16.4. The van der Waals surface area contributed by atoms with Crippen molar-refractivity contribution in [1.29, 1.82) is 0 Å². The van der Waals surface area contributed by atoms with Crippen molar-refractivity contribution in [3.63, 3.8) is 0 Å². The maximum atomic E-state index is 11.1. The predicted octanol–water partition coefficient (Wildman–Crippen LogP) is -1.02. The zero-order chi connectivity index (χ0) is 11.3. The SMILES string of the molecule is O=C(Nc1cn[nH]c1)N[C@H](CO)C(=O)O. The second kappa shape index (κ2) is 4.96. The minimum atomic E-state index is -1.32. The van der Waals surface area contributed by atoms with E-state index in [1.807, 2.05) is 0 Å². The van der Waals surface area contributed by atoms with Crippen LogP contribution in [-0.2, 0) is 4.79 Å². The summed E-state index contributed by atoms with van der Waals surface area (Å²) in [6.07, 6.45) is 2.78. The van der Waals surface area contributed by atoms with Crippen LogP contribution in [0.25, 0.3) is 0 Å². The molecule has 0 aliphatic rings. The number of hydrogen-bond donors (Lipinski definition) is 5. The van der Waals surface area contributed by atoms with Crippen molar-refractivity contribution in [2.45, 2.75) is 6.04 Å². The van der Waals surface area contributed by atoms with Gasteiger partial charge in [0.1, 0.15) is 0 Å². The molecule has 82 valence electrons. The van der Waals surface area contributed by atoms with Gasteiger partial charge in [-0.05, 0) is 0 Å². The zero-order valence-corrected chi connectivity index (χ0v) is 7.60. The third-order valence-corrected chi connectivity index (χ3v) is 1.54. The number of nitrogens with zero attached hydrogens (tertiary/aromatic N) is 1. The van der Waals surface area contributed by atoms with Crippen molar-refractivity contribution in [3.8, 4) is 0 Å². The first-order chi connectivity index (χ1) is 7.13. The van der Waals surface area contributed by atoms with Gasteiger partial charge in [-0.1, -0.05) is 0 Å². The molecule has 1 aromatic rings. The summed E-state index contributed by atoms with van der Waals surface area (Å²) in [6, 6.07) is -2.05. The molecule has 5 N–H and O–H groups in total. The van der Waals surface area contributed by atoms with E-state index in [0.29, 0.717) is 5.69 Å². The van der Waals surface area contributed by atoms with Crippen LogP contribution in [0.15, 0.2) is 12.4 Å². The molecule has 0 aromatic carbocycles. The van der Waals surface area contributed by atoms with Crippen molar-refractivity contribution in [3.05, 3.63) is 12.4 Å². The molecule has 8 heteroatoms. The van der Waals surface area contributed by atoms with Crippen LogP contribution in [0, 0.1) is 0 Å². The molecule has 1 aromatic heterocycles. The van der Waals surface area contributed by atoms with Gasteiger partial charge in [-0.2, -0.15) is 5.10 Å². The predicted molar refractivity (Wildman–Crippen MR) is 49.3 cm³/mol. The smallest absolute Gasteiger partial charge is 0.328 e. The Labute approximate surface area is 84.3 Å². The van der Waals surface area contributed by atoms with Gasteiger partial charge in [-0.25, -0.2) is 9.59 Å². The molecule has 1 atom stereocenters. The maximum Gasteiger partial charge on any atom is 0.328 e. The average Bonchev–Trinajstić information content (AvgIpc) is 2.66. The highest BCUT2D eigenvalue weighted by molar-refractivity contribution is 5.91. The van der Waals surface area contributed by atoms with Crippen molar-refractivity contribution in [2.24, 2.45) is 0 Å². The Hall–Kier alpha value is -2.09. The second-order valence-electron chi connectivity index (χ2n) is 2.66. The number of aliphatic hydroxyl groups is 1. The number of urea groups is 1. The number of nitrogens with one attached hydrogen (secondary N) is 3.